The van der Waals surface area contributed by atoms with E-state index in [1.807, 2.05) is 6.08 Å². The van der Waals surface area contributed by atoms with Crippen molar-refractivity contribution in [1.82, 2.24) is 0 Å². The molecule has 2 radical (unpaired) electrons. The summed E-state index contributed by atoms with van der Waals surface area (Å²) < 4.78 is 0. The van der Waals surface area contributed by atoms with Crippen LogP contribution in [0.5, 0.6) is 0 Å². The first-order valence-corrected chi connectivity index (χ1v) is 2.04. The zero-order valence-corrected chi connectivity index (χ0v) is 5.79. The second-order valence-corrected chi connectivity index (χ2v) is 0.996. The minimum atomic E-state index is 0. The van der Waals surface area contributed by atoms with Crippen molar-refractivity contribution in [3.63, 3.8) is 0 Å². The van der Waals surface area contributed by atoms with Gasteiger partial charge in [0, 0.05) is 21.7 Å². The first-order valence-electron chi connectivity index (χ1n) is 1.22. The predicted octanol–water partition coefficient (Wildman–Crippen LogP) is 0.757. The average Bonchev–Trinajstić information content (AvgIpc) is 1.37. The Bertz CT molecular complexity index is 20.9. The van der Waals surface area contributed by atoms with Gasteiger partial charge in [0.2, 0.25) is 0 Å². The summed E-state index contributed by atoms with van der Waals surface area (Å²) in [7, 11) is 0. The molecule has 0 aromatic heterocycles. The second-order valence-electron chi connectivity index (χ2n) is 0.524. The van der Waals surface area contributed by atoms with Gasteiger partial charge in [0.05, 0.1) is 0 Å². The molecule has 0 amide bonds. The first kappa shape index (κ1) is 9.37. The summed E-state index contributed by atoms with van der Waals surface area (Å²) in [4.78, 5) is 0. The standard InChI is InChI=1S/C3H5.Al.Ti/c1-3-2;;/h3H,1-2H2;;. The van der Waals surface area contributed by atoms with Crippen molar-refractivity contribution in [3.05, 3.63) is 12.7 Å². The van der Waals surface area contributed by atoms with Crippen LogP contribution in [0, 0.1) is 0 Å². The fraction of sp³-hybridized carbons (Fsp3) is 0.333. The monoisotopic (exact) mass is 116 g/mol. The van der Waals surface area contributed by atoms with Gasteiger partial charge in [-0.3, -0.25) is 0 Å². The topological polar surface area (TPSA) is 0 Å². The zero-order valence-electron chi connectivity index (χ0n) is 3.07. The van der Waals surface area contributed by atoms with Crippen molar-refractivity contribution in [1.29, 1.82) is 0 Å². The van der Waals surface area contributed by atoms with Gasteiger partial charge in [-0.1, -0.05) is 0 Å². The van der Waals surface area contributed by atoms with E-state index in [1.165, 1.54) is 0 Å². The van der Waals surface area contributed by atoms with Crippen molar-refractivity contribution in [3.8, 4) is 0 Å². The second kappa shape index (κ2) is 8.89. The molecule has 0 aliphatic heterocycles. The van der Waals surface area contributed by atoms with E-state index >= 15 is 0 Å². The summed E-state index contributed by atoms with van der Waals surface area (Å²) in [5.41, 5.74) is 0. The van der Waals surface area contributed by atoms with E-state index in [1.54, 1.807) is 0 Å². The van der Waals surface area contributed by atoms with Crippen LogP contribution in [0.3, 0.4) is 0 Å². The molecule has 0 aliphatic carbocycles. The predicted molar refractivity (Wildman–Crippen MR) is 20.8 cm³/mol. The largest absolute Gasteiger partial charge is 0.124 e. The van der Waals surface area contributed by atoms with Gasteiger partial charge < -0.3 is 0 Å². The molecule has 24 valence electrons. The maximum atomic E-state index is 3.46. The fourth-order valence-corrected chi connectivity index (χ4v) is 0. The van der Waals surface area contributed by atoms with Crippen molar-refractivity contribution < 1.29 is 21.7 Å². The van der Waals surface area contributed by atoms with E-state index in [2.05, 4.69) is 22.9 Å². The number of allylic oxidation sites excluding steroid dienone is 1. The molecule has 0 spiro atoms. The average molecular weight is 116 g/mol. The Morgan fingerprint density at radius 2 is 2.00 bits per heavy atom. The van der Waals surface area contributed by atoms with Gasteiger partial charge in [-0.05, 0) is 0 Å². The van der Waals surface area contributed by atoms with Crippen LogP contribution in [0.25, 0.3) is 0 Å². The third-order valence-corrected chi connectivity index (χ3v) is 0.500. The molecule has 0 bridgehead atoms. The van der Waals surface area contributed by atoms with Crippen LogP contribution in [0.2, 0.25) is 5.28 Å². The van der Waals surface area contributed by atoms with Gasteiger partial charge in [-0.2, -0.15) is 0 Å². The molecule has 0 aliphatic rings. The number of hydrogen-bond acceptors (Lipinski definition) is 0. The van der Waals surface area contributed by atoms with Crippen molar-refractivity contribution in [2.24, 2.45) is 0 Å². The van der Waals surface area contributed by atoms with Gasteiger partial charge in [0.15, 0.2) is 0 Å². The van der Waals surface area contributed by atoms with Gasteiger partial charge in [0.1, 0.15) is 16.3 Å². The normalized spacial score (nSPS) is 4.80. The third-order valence-electron chi connectivity index (χ3n) is 0.167. The molecule has 2 heteroatoms. The minimum absolute atomic E-state index is 0. The van der Waals surface area contributed by atoms with Crippen LogP contribution in [0.15, 0.2) is 12.7 Å². The summed E-state index contributed by atoms with van der Waals surface area (Å²) in [5.74, 6) is 0. The molecule has 0 fully saturated rings. The maximum absolute atomic E-state index is 3.46. The summed E-state index contributed by atoms with van der Waals surface area (Å²) in [6.07, 6.45) is 1.84. The van der Waals surface area contributed by atoms with Gasteiger partial charge in [-0.25, -0.2) is 0 Å². The molecular formula is C3H5AlTi. The van der Waals surface area contributed by atoms with Gasteiger partial charge in [-0.15, -0.1) is 17.9 Å². The van der Waals surface area contributed by atoms with Crippen molar-refractivity contribution in [2.75, 3.05) is 0 Å². The molecule has 0 nitrogen and oxygen atoms in total. The molecule has 0 N–H and O–H groups in total. The molecule has 0 aromatic rings. The summed E-state index contributed by atoms with van der Waals surface area (Å²) in [6, 6.07) is 0. The Kier molecular flexibility index (Phi) is 16.6. The van der Waals surface area contributed by atoms with Crippen LogP contribution < -0.4 is 0 Å². The molecular weight excluding hydrogens is 111 g/mol. The Morgan fingerprint density at radius 3 is 2.00 bits per heavy atom. The van der Waals surface area contributed by atoms with E-state index in [-0.39, 0.29) is 21.7 Å². The van der Waals surface area contributed by atoms with E-state index in [0.29, 0.717) is 0 Å². The van der Waals surface area contributed by atoms with Gasteiger partial charge in [0.25, 0.3) is 0 Å². The van der Waals surface area contributed by atoms with Crippen LogP contribution in [0.4, 0.5) is 0 Å². The number of hydrogen-bond donors (Lipinski definition) is 0. The van der Waals surface area contributed by atoms with Crippen molar-refractivity contribution >= 4 is 16.3 Å². The zero-order chi connectivity index (χ0) is 3.41. The fourth-order valence-electron chi connectivity index (χ4n) is 0. The molecule has 0 unspecified atom stereocenters. The summed E-state index contributed by atoms with van der Waals surface area (Å²) in [6.45, 7) is 3.46. The Balaban J connectivity index is 0. The van der Waals surface area contributed by atoms with Crippen LogP contribution in [0.1, 0.15) is 0 Å². The Hall–Kier alpha value is 0.987. The SMILES string of the molecule is C=C[CH2][Al].[Ti]. The maximum Gasteiger partial charge on any atom is 0.124 e. The summed E-state index contributed by atoms with van der Waals surface area (Å²) >= 11 is 2.54. The van der Waals surface area contributed by atoms with E-state index < -0.39 is 0 Å². The number of rotatable bonds is 1. The molecule has 0 aromatic carbocycles. The minimum Gasteiger partial charge on any atom is -0.107 e. The quantitative estimate of drug-likeness (QED) is 0.350. The van der Waals surface area contributed by atoms with Crippen molar-refractivity contribution in [2.45, 2.75) is 5.28 Å². The van der Waals surface area contributed by atoms with E-state index in [4.69, 9.17) is 0 Å². The first-order chi connectivity index (χ1) is 1.91. The molecule has 5 heavy (non-hydrogen) atoms. The summed E-state index contributed by atoms with van der Waals surface area (Å²) in [5, 5.41) is 1.00. The Labute approximate surface area is 55.9 Å². The molecule has 0 rings (SSSR count). The molecule has 0 heterocycles. The van der Waals surface area contributed by atoms with E-state index in [9.17, 15) is 0 Å². The third kappa shape index (κ3) is 11.3. The smallest absolute Gasteiger partial charge is 0.107 e. The molecule has 0 atom stereocenters. The van der Waals surface area contributed by atoms with Crippen LogP contribution >= 0.6 is 0 Å². The molecule has 0 saturated carbocycles. The van der Waals surface area contributed by atoms with Gasteiger partial charge >= 0.3 is 0 Å². The Morgan fingerprint density at radius 1 is 1.80 bits per heavy atom. The van der Waals surface area contributed by atoms with E-state index in [0.717, 1.165) is 5.28 Å². The molecule has 0 saturated heterocycles. The van der Waals surface area contributed by atoms with Crippen LogP contribution in [-0.2, 0) is 21.7 Å². The van der Waals surface area contributed by atoms with Crippen LogP contribution in [-0.4, -0.2) is 16.3 Å².